The molecule has 0 fully saturated rings. The third-order valence-electron chi connectivity index (χ3n) is 5.79. The Balaban J connectivity index is 1.20. The highest BCUT2D eigenvalue weighted by Gasteiger charge is 2.11. The lowest BCUT2D eigenvalue weighted by molar-refractivity contribution is -0.128. The summed E-state index contributed by atoms with van der Waals surface area (Å²) in [5, 5.41) is 0.966. The van der Waals surface area contributed by atoms with Crippen molar-refractivity contribution in [1.29, 1.82) is 0 Å². The van der Waals surface area contributed by atoms with E-state index in [1.807, 2.05) is 73.7 Å². The van der Waals surface area contributed by atoms with Crippen LogP contribution in [0.25, 0.3) is 17.0 Å². The highest BCUT2D eigenvalue weighted by Crippen LogP contribution is 2.25. The van der Waals surface area contributed by atoms with Crippen LogP contribution in [-0.2, 0) is 11.4 Å². The van der Waals surface area contributed by atoms with Crippen molar-refractivity contribution in [3.8, 4) is 23.0 Å². The molecule has 0 aliphatic carbocycles. The van der Waals surface area contributed by atoms with Gasteiger partial charge in [-0.1, -0.05) is 54.1 Å². The predicted octanol–water partition coefficient (Wildman–Crippen LogP) is 7.74. The molecule has 39 heavy (non-hydrogen) atoms. The number of esters is 1. The number of aryl methyl sites for hydroxylation is 1. The minimum absolute atomic E-state index is 0.0704. The van der Waals surface area contributed by atoms with Gasteiger partial charge in [0.15, 0.2) is 0 Å². The van der Waals surface area contributed by atoms with E-state index in [4.69, 9.17) is 30.2 Å². The normalized spacial score (nSPS) is 11.0. The van der Waals surface area contributed by atoms with Crippen molar-refractivity contribution in [2.24, 2.45) is 0 Å². The standard InChI is InChI=1S/C32H23ClO6/c1-21-5-4-7-25(17-21)38-30-20-37-29-18-26(14-15-27(29)32(30)35)39-31(34)16-11-22-9-12-24(13-10-22)36-19-23-6-2-3-8-28(23)33/h2-18,20H,19H2,1H3. The Hall–Kier alpha value is -4.81. The van der Waals surface area contributed by atoms with Crippen LogP contribution in [0, 0.1) is 6.92 Å². The average Bonchev–Trinajstić information content (AvgIpc) is 2.94. The van der Waals surface area contributed by atoms with Crippen molar-refractivity contribution in [3.63, 3.8) is 0 Å². The lowest BCUT2D eigenvalue weighted by Crippen LogP contribution is -2.06. The van der Waals surface area contributed by atoms with Crippen molar-refractivity contribution in [3.05, 3.63) is 135 Å². The SMILES string of the molecule is Cc1cccc(Oc2coc3cc(OC(=O)C=Cc4ccc(OCc5ccccc5Cl)cc4)ccc3c2=O)c1. The summed E-state index contributed by atoms with van der Waals surface area (Å²) in [4.78, 5) is 25.2. The molecular weight excluding hydrogens is 516 g/mol. The molecule has 0 aliphatic heterocycles. The van der Waals surface area contributed by atoms with Crippen LogP contribution >= 0.6 is 11.6 Å². The van der Waals surface area contributed by atoms with E-state index in [1.54, 1.807) is 12.1 Å². The van der Waals surface area contributed by atoms with E-state index in [0.717, 1.165) is 16.7 Å². The number of carbonyl (C=O) groups excluding carboxylic acids is 1. The number of benzene rings is 4. The summed E-state index contributed by atoms with van der Waals surface area (Å²) in [5.41, 5.74) is 2.65. The molecule has 0 bridgehead atoms. The second-order valence-corrected chi connectivity index (χ2v) is 9.12. The van der Waals surface area contributed by atoms with E-state index >= 15 is 0 Å². The molecule has 0 saturated heterocycles. The van der Waals surface area contributed by atoms with Crippen molar-refractivity contribution in [2.75, 3.05) is 0 Å². The van der Waals surface area contributed by atoms with Gasteiger partial charge in [-0.25, -0.2) is 4.79 Å². The van der Waals surface area contributed by atoms with Gasteiger partial charge >= 0.3 is 5.97 Å². The summed E-state index contributed by atoms with van der Waals surface area (Å²) < 4.78 is 22.5. The Morgan fingerprint density at radius 2 is 1.69 bits per heavy atom. The molecule has 0 spiro atoms. The Morgan fingerprint density at radius 1 is 0.897 bits per heavy atom. The fourth-order valence-electron chi connectivity index (χ4n) is 3.80. The fourth-order valence-corrected chi connectivity index (χ4v) is 3.99. The fraction of sp³-hybridized carbons (Fsp3) is 0.0625. The zero-order valence-corrected chi connectivity index (χ0v) is 21.7. The van der Waals surface area contributed by atoms with E-state index < -0.39 is 5.97 Å². The Kier molecular flexibility index (Phi) is 7.75. The first-order chi connectivity index (χ1) is 18.9. The van der Waals surface area contributed by atoms with Crippen LogP contribution < -0.4 is 19.6 Å². The lowest BCUT2D eigenvalue weighted by atomic mass is 10.2. The Morgan fingerprint density at radius 3 is 2.49 bits per heavy atom. The third-order valence-corrected chi connectivity index (χ3v) is 6.16. The monoisotopic (exact) mass is 538 g/mol. The molecule has 0 atom stereocenters. The third kappa shape index (κ3) is 6.55. The maximum Gasteiger partial charge on any atom is 0.336 e. The summed E-state index contributed by atoms with van der Waals surface area (Å²) in [5.74, 6) is 0.963. The summed E-state index contributed by atoms with van der Waals surface area (Å²) in [7, 11) is 0. The average molecular weight is 539 g/mol. The van der Waals surface area contributed by atoms with E-state index in [2.05, 4.69) is 0 Å². The first-order valence-electron chi connectivity index (χ1n) is 12.1. The predicted molar refractivity (Wildman–Crippen MR) is 151 cm³/mol. The Bertz CT molecular complexity index is 1720. The maximum absolute atomic E-state index is 12.8. The molecule has 0 saturated carbocycles. The second kappa shape index (κ2) is 11.7. The van der Waals surface area contributed by atoms with Crippen LogP contribution in [-0.4, -0.2) is 5.97 Å². The minimum atomic E-state index is -0.574. The van der Waals surface area contributed by atoms with Gasteiger partial charge < -0.3 is 18.6 Å². The summed E-state index contributed by atoms with van der Waals surface area (Å²) in [6.45, 7) is 2.29. The number of rotatable bonds is 8. The number of hydrogen-bond donors (Lipinski definition) is 0. The maximum atomic E-state index is 12.8. The molecule has 194 valence electrons. The lowest BCUT2D eigenvalue weighted by Gasteiger charge is -2.08. The topological polar surface area (TPSA) is 75.0 Å². The molecule has 1 heterocycles. The van der Waals surface area contributed by atoms with E-state index in [9.17, 15) is 9.59 Å². The molecule has 4 aromatic carbocycles. The molecule has 6 nitrogen and oxygen atoms in total. The van der Waals surface area contributed by atoms with Crippen molar-refractivity contribution in [2.45, 2.75) is 13.5 Å². The zero-order valence-electron chi connectivity index (χ0n) is 20.9. The van der Waals surface area contributed by atoms with Gasteiger partial charge in [-0.15, -0.1) is 0 Å². The molecule has 0 radical (unpaired) electrons. The minimum Gasteiger partial charge on any atom is -0.489 e. The molecule has 5 aromatic rings. The largest absolute Gasteiger partial charge is 0.489 e. The van der Waals surface area contributed by atoms with Crippen molar-refractivity contribution < 1.29 is 23.4 Å². The van der Waals surface area contributed by atoms with Gasteiger partial charge in [-0.2, -0.15) is 0 Å². The number of fused-ring (bicyclic) bond motifs is 1. The van der Waals surface area contributed by atoms with Gasteiger partial charge in [0.1, 0.15) is 35.7 Å². The smallest absolute Gasteiger partial charge is 0.336 e. The van der Waals surface area contributed by atoms with Crippen LogP contribution in [0.2, 0.25) is 5.02 Å². The zero-order chi connectivity index (χ0) is 27.2. The summed E-state index contributed by atoms with van der Waals surface area (Å²) in [6.07, 6.45) is 4.20. The van der Waals surface area contributed by atoms with Gasteiger partial charge in [0.05, 0.1) is 5.39 Å². The molecule has 0 N–H and O–H groups in total. The molecule has 0 aliphatic rings. The molecule has 5 rings (SSSR count). The van der Waals surface area contributed by atoms with Gasteiger partial charge in [-0.3, -0.25) is 4.79 Å². The number of ether oxygens (including phenoxy) is 3. The highest BCUT2D eigenvalue weighted by molar-refractivity contribution is 6.31. The summed E-state index contributed by atoms with van der Waals surface area (Å²) in [6, 6.07) is 26.7. The number of hydrogen-bond acceptors (Lipinski definition) is 6. The van der Waals surface area contributed by atoms with Crippen LogP contribution in [0.1, 0.15) is 16.7 Å². The first kappa shape index (κ1) is 25.8. The van der Waals surface area contributed by atoms with Gasteiger partial charge in [-0.05, 0) is 66.6 Å². The molecule has 0 unspecified atom stereocenters. The number of halogens is 1. The molecule has 1 aromatic heterocycles. The Labute approximate surface area is 229 Å². The van der Waals surface area contributed by atoms with Gasteiger partial charge in [0.2, 0.25) is 11.2 Å². The van der Waals surface area contributed by atoms with Crippen molar-refractivity contribution >= 4 is 34.6 Å². The van der Waals surface area contributed by atoms with Crippen LogP contribution in [0.3, 0.4) is 0 Å². The van der Waals surface area contributed by atoms with E-state index in [0.29, 0.717) is 28.5 Å². The van der Waals surface area contributed by atoms with Crippen LogP contribution in [0.5, 0.6) is 23.0 Å². The van der Waals surface area contributed by atoms with Crippen LogP contribution in [0.4, 0.5) is 0 Å². The molecular formula is C32H23ClO6. The van der Waals surface area contributed by atoms with E-state index in [-0.39, 0.29) is 22.5 Å². The highest BCUT2D eigenvalue weighted by atomic mass is 35.5. The molecule has 0 amide bonds. The number of carbonyl (C=O) groups is 1. The van der Waals surface area contributed by atoms with Gasteiger partial charge in [0.25, 0.3) is 0 Å². The van der Waals surface area contributed by atoms with Crippen LogP contribution in [0.15, 0.2) is 113 Å². The first-order valence-corrected chi connectivity index (χ1v) is 12.5. The molecule has 7 heteroatoms. The van der Waals surface area contributed by atoms with Crippen molar-refractivity contribution in [1.82, 2.24) is 0 Å². The second-order valence-electron chi connectivity index (χ2n) is 8.71. The van der Waals surface area contributed by atoms with E-state index in [1.165, 1.54) is 30.5 Å². The summed E-state index contributed by atoms with van der Waals surface area (Å²) >= 11 is 6.16. The van der Waals surface area contributed by atoms with Gasteiger partial charge in [0, 0.05) is 22.7 Å². The quantitative estimate of drug-likeness (QED) is 0.114.